The fourth-order valence-electron chi connectivity index (χ4n) is 2.58. The van der Waals surface area contributed by atoms with Crippen molar-refractivity contribution in [1.29, 1.82) is 0 Å². The number of fused-ring (bicyclic) bond motifs is 1. The van der Waals surface area contributed by atoms with Crippen LogP contribution in [-0.2, 0) is 0 Å². The predicted molar refractivity (Wildman–Crippen MR) is 93.6 cm³/mol. The van der Waals surface area contributed by atoms with Gasteiger partial charge in [0.15, 0.2) is 5.65 Å². The van der Waals surface area contributed by atoms with Gasteiger partial charge < -0.3 is 5.11 Å². The first-order valence-electron chi connectivity index (χ1n) is 7.43. The lowest BCUT2D eigenvalue weighted by atomic mass is 10.1. The van der Waals surface area contributed by atoms with Gasteiger partial charge in [0.05, 0.1) is 28.7 Å². The Hall–Kier alpha value is -3.25. The van der Waals surface area contributed by atoms with Gasteiger partial charge in [-0.3, -0.25) is 0 Å². The fraction of sp³-hybridized carbons (Fsp3) is 0. The van der Waals surface area contributed by atoms with E-state index in [4.69, 9.17) is 11.6 Å². The van der Waals surface area contributed by atoms with Crippen LogP contribution >= 0.6 is 11.6 Å². The average Bonchev–Trinajstić information content (AvgIpc) is 3.05. The van der Waals surface area contributed by atoms with E-state index < -0.39 is 5.97 Å². The maximum absolute atomic E-state index is 11.3. The van der Waals surface area contributed by atoms with Crippen LogP contribution in [0.5, 0.6) is 0 Å². The molecule has 0 atom stereocenters. The minimum atomic E-state index is -1.07. The number of hydrogen-bond donors (Lipinski definition) is 1. The molecule has 4 aromatic rings. The lowest BCUT2D eigenvalue weighted by Gasteiger charge is -2.04. The standard InChI is InChI=1S/C18H11ClN4O2/c19-16-9-12(18(24)25)8-15(21-16)13-10-20-23-7-6-14(22-17(13)23)11-4-2-1-3-5-11/h1-10H,(H,24,25). The molecule has 0 spiro atoms. The number of aromatic carboxylic acids is 1. The molecule has 0 bridgehead atoms. The SMILES string of the molecule is O=C(O)c1cc(Cl)nc(-c2cnn3ccc(-c4ccccc4)nc23)c1. The fourth-order valence-corrected chi connectivity index (χ4v) is 2.79. The smallest absolute Gasteiger partial charge is 0.335 e. The van der Waals surface area contributed by atoms with Crippen molar-refractivity contribution in [3.05, 3.63) is 71.6 Å². The second-order valence-corrected chi connectivity index (χ2v) is 5.76. The van der Waals surface area contributed by atoms with Gasteiger partial charge in [-0.15, -0.1) is 0 Å². The molecule has 0 fully saturated rings. The topological polar surface area (TPSA) is 80.4 Å². The zero-order valence-electron chi connectivity index (χ0n) is 12.8. The van der Waals surface area contributed by atoms with Gasteiger partial charge >= 0.3 is 5.97 Å². The number of hydrogen-bond acceptors (Lipinski definition) is 4. The quantitative estimate of drug-likeness (QED) is 0.568. The van der Waals surface area contributed by atoms with Crippen LogP contribution in [0, 0.1) is 0 Å². The summed E-state index contributed by atoms with van der Waals surface area (Å²) in [5.41, 5.74) is 3.43. The summed E-state index contributed by atoms with van der Waals surface area (Å²) < 4.78 is 1.62. The van der Waals surface area contributed by atoms with E-state index in [2.05, 4.69) is 15.1 Å². The average molecular weight is 351 g/mol. The van der Waals surface area contributed by atoms with Crippen molar-refractivity contribution in [2.75, 3.05) is 0 Å². The van der Waals surface area contributed by atoms with Gasteiger partial charge in [0.25, 0.3) is 0 Å². The van der Waals surface area contributed by atoms with Gasteiger partial charge in [0.1, 0.15) is 5.15 Å². The number of pyridine rings is 1. The minimum Gasteiger partial charge on any atom is -0.478 e. The maximum atomic E-state index is 11.3. The molecule has 0 saturated carbocycles. The third kappa shape index (κ3) is 2.83. The summed E-state index contributed by atoms with van der Waals surface area (Å²) in [6.45, 7) is 0. The molecule has 0 aliphatic carbocycles. The van der Waals surface area contributed by atoms with Crippen molar-refractivity contribution < 1.29 is 9.90 Å². The molecule has 0 saturated heterocycles. The van der Waals surface area contributed by atoms with Gasteiger partial charge in [-0.1, -0.05) is 41.9 Å². The van der Waals surface area contributed by atoms with Gasteiger partial charge in [-0.25, -0.2) is 19.3 Å². The highest BCUT2D eigenvalue weighted by Crippen LogP contribution is 2.26. The third-order valence-corrected chi connectivity index (χ3v) is 3.95. The summed E-state index contributed by atoms with van der Waals surface area (Å²) in [7, 11) is 0. The van der Waals surface area contributed by atoms with Crippen LogP contribution in [0.25, 0.3) is 28.2 Å². The van der Waals surface area contributed by atoms with E-state index in [9.17, 15) is 9.90 Å². The lowest BCUT2D eigenvalue weighted by molar-refractivity contribution is 0.0697. The van der Waals surface area contributed by atoms with E-state index in [0.29, 0.717) is 16.9 Å². The highest BCUT2D eigenvalue weighted by atomic mass is 35.5. The molecule has 1 N–H and O–H groups in total. The second-order valence-electron chi connectivity index (χ2n) is 5.37. The minimum absolute atomic E-state index is 0.0635. The number of carboxylic acid groups (broad SMARTS) is 1. The Balaban J connectivity index is 1.90. The summed E-state index contributed by atoms with van der Waals surface area (Å²) in [5, 5.41) is 13.6. The first-order chi connectivity index (χ1) is 12.1. The second kappa shape index (κ2) is 5.99. The highest BCUT2D eigenvalue weighted by Gasteiger charge is 2.14. The molecule has 3 aromatic heterocycles. The molecule has 3 heterocycles. The van der Waals surface area contributed by atoms with Gasteiger partial charge in [-0.05, 0) is 18.2 Å². The van der Waals surface area contributed by atoms with Crippen LogP contribution in [0.1, 0.15) is 10.4 Å². The Morgan fingerprint density at radius 3 is 2.60 bits per heavy atom. The third-order valence-electron chi connectivity index (χ3n) is 3.76. The molecule has 25 heavy (non-hydrogen) atoms. The van der Waals surface area contributed by atoms with E-state index in [-0.39, 0.29) is 10.7 Å². The summed E-state index contributed by atoms with van der Waals surface area (Å²) in [4.78, 5) is 20.1. The van der Waals surface area contributed by atoms with Crippen molar-refractivity contribution in [1.82, 2.24) is 19.6 Å². The number of carboxylic acids is 1. The molecule has 0 aliphatic rings. The lowest BCUT2D eigenvalue weighted by Crippen LogP contribution is -1.98. The highest BCUT2D eigenvalue weighted by molar-refractivity contribution is 6.29. The Kier molecular flexibility index (Phi) is 3.66. The molecule has 7 heteroatoms. The zero-order chi connectivity index (χ0) is 17.4. The van der Waals surface area contributed by atoms with Crippen LogP contribution in [-0.4, -0.2) is 30.7 Å². The van der Waals surface area contributed by atoms with Gasteiger partial charge in [-0.2, -0.15) is 5.10 Å². The van der Waals surface area contributed by atoms with E-state index in [1.165, 1.54) is 12.1 Å². The van der Waals surface area contributed by atoms with Gasteiger partial charge in [0, 0.05) is 11.8 Å². The number of halogens is 1. The number of nitrogens with zero attached hydrogens (tertiary/aromatic N) is 4. The number of aromatic nitrogens is 4. The molecular formula is C18H11ClN4O2. The van der Waals surface area contributed by atoms with E-state index in [0.717, 1.165) is 11.3 Å². The van der Waals surface area contributed by atoms with Crippen LogP contribution in [0.3, 0.4) is 0 Å². The summed E-state index contributed by atoms with van der Waals surface area (Å²) in [6.07, 6.45) is 3.40. The first-order valence-corrected chi connectivity index (χ1v) is 7.81. The molecule has 4 rings (SSSR count). The number of rotatable bonds is 3. The molecule has 0 amide bonds. The summed E-state index contributed by atoms with van der Waals surface area (Å²) in [6, 6.07) is 14.4. The Bertz CT molecular complexity index is 1090. The molecule has 6 nitrogen and oxygen atoms in total. The number of benzene rings is 1. The van der Waals surface area contributed by atoms with Crippen molar-refractivity contribution in [2.45, 2.75) is 0 Å². The molecule has 0 aliphatic heterocycles. The zero-order valence-corrected chi connectivity index (χ0v) is 13.6. The van der Waals surface area contributed by atoms with Crippen molar-refractivity contribution in [2.24, 2.45) is 0 Å². The Morgan fingerprint density at radius 1 is 1.04 bits per heavy atom. The largest absolute Gasteiger partial charge is 0.478 e. The first kappa shape index (κ1) is 15.3. The van der Waals surface area contributed by atoms with E-state index in [1.54, 1.807) is 16.9 Å². The van der Waals surface area contributed by atoms with Crippen molar-refractivity contribution in [3.63, 3.8) is 0 Å². The maximum Gasteiger partial charge on any atom is 0.335 e. The van der Waals surface area contributed by atoms with Crippen LogP contribution < -0.4 is 0 Å². The molecule has 0 unspecified atom stereocenters. The monoisotopic (exact) mass is 350 g/mol. The van der Waals surface area contributed by atoms with E-state index in [1.807, 2.05) is 36.4 Å². The van der Waals surface area contributed by atoms with E-state index >= 15 is 0 Å². The molecule has 1 aromatic carbocycles. The van der Waals surface area contributed by atoms with Crippen molar-refractivity contribution in [3.8, 4) is 22.5 Å². The molecule has 0 radical (unpaired) electrons. The van der Waals surface area contributed by atoms with Crippen LogP contribution in [0.15, 0.2) is 60.9 Å². The van der Waals surface area contributed by atoms with Crippen LogP contribution in [0.2, 0.25) is 5.15 Å². The summed E-state index contributed by atoms with van der Waals surface area (Å²) in [5.74, 6) is -1.07. The molecule has 122 valence electrons. The number of carbonyl (C=O) groups is 1. The normalized spacial score (nSPS) is 10.9. The Labute approximate surface area is 147 Å². The predicted octanol–water partition coefficient (Wildman–Crippen LogP) is 3.81. The van der Waals surface area contributed by atoms with Gasteiger partial charge in [0.2, 0.25) is 0 Å². The van der Waals surface area contributed by atoms with Crippen LogP contribution in [0.4, 0.5) is 0 Å². The molecular weight excluding hydrogens is 340 g/mol. The Morgan fingerprint density at radius 2 is 1.84 bits per heavy atom. The van der Waals surface area contributed by atoms with Crippen molar-refractivity contribution >= 4 is 23.2 Å². The summed E-state index contributed by atoms with van der Waals surface area (Å²) >= 11 is 5.97.